The fourth-order valence-corrected chi connectivity index (χ4v) is 5.66. The molecule has 1 aliphatic carbocycles. The van der Waals surface area contributed by atoms with E-state index in [-0.39, 0.29) is 29.8 Å². The van der Waals surface area contributed by atoms with E-state index in [0.29, 0.717) is 11.2 Å². The number of carboxylic acids is 1. The van der Waals surface area contributed by atoms with Crippen molar-refractivity contribution >= 4 is 34.7 Å². The highest BCUT2D eigenvalue weighted by Crippen LogP contribution is 2.36. The van der Waals surface area contributed by atoms with E-state index in [0.717, 1.165) is 47.6 Å². The van der Waals surface area contributed by atoms with Crippen molar-refractivity contribution in [2.24, 2.45) is 5.92 Å². The predicted molar refractivity (Wildman–Crippen MR) is 137 cm³/mol. The first-order valence-corrected chi connectivity index (χ1v) is 12.9. The summed E-state index contributed by atoms with van der Waals surface area (Å²) in [6, 6.07) is 5.29. The Bertz CT molecular complexity index is 1180. The van der Waals surface area contributed by atoms with Gasteiger partial charge in [0.05, 0.1) is 11.3 Å². The number of carboxylic acid groups (broad SMARTS) is 1. The Morgan fingerprint density at radius 2 is 1.97 bits per heavy atom. The van der Waals surface area contributed by atoms with Gasteiger partial charge in [-0.15, -0.1) is 11.3 Å². The molecule has 1 saturated carbocycles. The van der Waals surface area contributed by atoms with Crippen molar-refractivity contribution in [3.63, 3.8) is 0 Å². The Labute approximate surface area is 204 Å². The molecule has 7 nitrogen and oxygen atoms in total. The molecule has 3 N–H and O–H groups in total. The summed E-state index contributed by atoms with van der Waals surface area (Å²) in [6.07, 6.45) is 7.09. The number of nitrogens with one attached hydrogen (secondary N) is 2. The Hall–Kier alpha value is -2.87. The van der Waals surface area contributed by atoms with Crippen molar-refractivity contribution < 1.29 is 14.7 Å². The monoisotopic (exact) mass is 482 g/mol. The van der Waals surface area contributed by atoms with Crippen LogP contribution < -0.4 is 10.6 Å². The maximum absolute atomic E-state index is 13.2. The average molecular weight is 483 g/mol. The summed E-state index contributed by atoms with van der Waals surface area (Å²) >= 11 is 1.65. The lowest BCUT2D eigenvalue weighted by atomic mass is 9.82. The summed E-state index contributed by atoms with van der Waals surface area (Å²) in [4.78, 5) is 30.6. The molecule has 0 aliphatic heterocycles. The fourth-order valence-electron chi connectivity index (χ4n) is 4.75. The lowest BCUT2D eigenvalue weighted by molar-refractivity contribution is -0.137. The molecule has 0 radical (unpaired) electrons. The molecule has 4 rings (SSSR count). The van der Waals surface area contributed by atoms with Crippen molar-refractivity contribution in [2.75, 3.05) is 5.32 Å². The second kappa shape index (κ2) is 9.78. The number of aryl methyl sites for hydroxylation is 1. The zero-order valence-corrected chi connectivity index (χ0v) is 21.2. The van der Waals surface area contributed by atoms with Gasteiger partial charge in [0.15, 0.2) is 0 Å². The van der Waals surface area contributed by atoms with Crippen LogP contribution in [0.4, 0.5) is 5.82 Å². The van der Waals surface area contributed by atoms with E-state index in [1.165, 1.54) is 6.42 Å². The Kier molecular flexibility index (Phi) is 6.98. The van der Waals surface area contributed by atoms with Crippen LogP contribution in [0.1, 0.15) is 75.2 Å². The van der Waals surface area contributed by atoms with E-state index in [4.69, 9.17) is 4.98 Å². The van der Waals surface area contributed by atoms with Crippen LogP contribution in [0.15, 0.2) is 29.8 Å². The second-order valence-corrected chi connectivity index (χ2v) is 11.3. The summed E-state index contributed by atoms with van der Waals surface area (Å²) < 4.78 is 1.98. The Morgan fingerprint density at radius 3 is 2.59 bits per heavy atom. The van der Waals surface area contributed by atoms with Crippen molar-refractivity contribution in [1.82, 2.24) is 14.7 Å². The SMILES string of the molecule is Cc1ccsc1-c1nc2cc(C(=O)NC(CC(=O)O)C3CCCCC3)ccn2c1NC(C)(C)C. The van der Waals surface area contributed by atoms with Gasteiger partial charge >= 0.3 is 5.97 Å². The number of imidazole rings is 1. The van der Waals surface area contributed by atoms with Gasteiger partial charge in [0, 0.05) is 23.3 Å². The normalized spacial score (nSPS) is 15.9. The molecule has 1 aliphatic rings. The topological polar surface area (TPSA) is 95.7 Å². The van der Waals surface area contributed by atoms with Crippen LogP contribution in [0.3, 0.4) is 0 Å². The molecule has 1 amide bonds. The number of thiophene rings is 1. The van der Waals surface area contributed by atoms with Gasteiger partial charge in [0.1, 0.15) is 17.2 Å². The van der Waals surface area contributed by atoms with Crippen LogP contribution in [0.2, 0.25) is 0 Å². The summed E-state index contributed by atoms with van der Waals surface area (Å²) in [5.41, 5.74) is 3.02. The van der Waals surface area contributed by atoms with Gasteiger partial charge in [-0.2, -0.15) is 0 Å². The van der Waals surface area contributed by atoms with Gasteiger partial charge in [-0.05, 0) is 75.6 Å². The predicted octanol–water partition coefficient (Wildman–Crippen LogP) is 5.74. The third kappa shape index (κ3) is 5.43. The van der Waals surface area contributed by atoms with Crippen molar-refractivity contribution in [2.45, 2.75) is 77.8 Å². The largest absolute Gasteiger partial charge is 0.481 e. The Morgan fingerprint density at radius 1 is 1.24 bits per heavy atom. The van der Waals surface area contributed by atoms with Crippen LogP contribution in [-0.4, -0.2) is 37.9 Å². The number of rotatable bonds is 7. The zero-order valence-electron chi connectivity index (χ0n) is 20.4. The number of anilines is 1. The molecule has 0 bridgehead atoms. The lowest BCUT2D eigenvalue weighted by Crippen LogP contribution is -2.42. The minimum absolute atomic E-state index is 0.0521. The highest BCUT2D eigenvalue weighted by atomic mass is 32.1. The summed E-state index contributed by atoms with van der Waals surface area (Å²) in [7, 11) is 0. The minimum atomic E-state index is -0.881. The number of hydrogen-bond donors (Lipinski definition) is 3. The van der Waals surface area contributed by atoms with E-state index in [9.17, 15) is 14.7 Å². The fraction of sp³-hybridized carbons (Fsp3) is 0.500. The van der Waals surface area contributed by atoms with Crippen LogP contribution in [0, 0.1) is 12.8 Å². The first-order chi connectivity index (χ1) is 16.1. The van der Waals surface area contributed by atoms with E-state index in [2.05, 4.69) is 49.8 Å². The number of aliphatic carboxylic acids is 1. The van der Waals surface area contributed by atoms with Crippen molar-refractivity contribution in [3.05, 3.63) is 40.9 Å². The third-order valence-corrected chi connectivity index (χ3v) is 7.41. The number of carbonyl (C=O) groups excluding carboxylic acids is 1. The number of pyridine rings is 1. The lowest BCUT2D eigenvalue weighted by Gasteiger charge is -2.30. The molecule has 3 aromatic rings. The second-order valence-electron chi connectivity index (χ2n) is 10.3. The quantitative estimate of drug-likeness (QED) is 0.399. The molecular formula is C26H34N4O3S. The summed E-state index contributed by atoms with van der Waals surface area (Å²) in [6.45, 7) is 8.39. The molecule has 1 fully saturated rings. The molecule has 34 heavy (non-hydrogen) atoms. The smallest absolute Gasteiger partial charge is 0.305 e. The van der Waals surface area contributed by atoms with E-state index in [1.807, 2.05) is 10.6 Å². The first kappa shape index (κ1) is 24.3. The van der Waals surface area contributed by atoms with Crippen LogP contribution in [0.25, 0.3) is 16.2 Å². The van der Waals surface area contributed by atoms with Crippen LogP contribution in [-0.2, 0) is 4.79 Å². The van der Waals surface area contributed by atoms with Gasteiger partial charge < -0.3 is 15.7 Å². The van der Waals surface area contributed by atoms with Gasteiger partial charge in [-0.25, -0.2) is 4.98 Å². The maximum atomic E-state index is 13.2. The Balaban J connectivity index is 1.66. The molecule has 0 spiro atoms. The van der Waals surface area contributed by atoms with Crippen LogP contribution in [0.5, 0.6) is 0 Å². The number of amides is 1. The summed E-state index contributed by atoms with van der Waals surface area (Å²) in [5.74, 6) is -0.0270. The van der Waals surface area contributed by atoms with Gasteiger partial charge in [0.25, 0.3) is 5.91 Å². The van der Waals surface area contributed by atoms with Gasteiger partial charge in [-0.1, -0.05) is 19.3 Å². The number of carbonyl (C=O) groups is 2. The van der Waals surface area contributed by atoms with Gasteiger partial charge in [0.2, 0.25) is 0 Å². The maximum Gasteiger partial charge on any atom is 0.305 e. The summed E-state index contributed by atoms with van der Waals surface area (Å²) in [5, 5.41) is 18.1. The van der Waals surface area contributed by atoms with Gasteiger partial charge in [-0.3, -0.25) is 14.0 Å². The zero-order chi connectivity index (χ0) is 24.5. The number of fused-ring (bicyclic) bond motifs is 1. The van der Waals surface area contributed by atoms with Crippen molar-refractivity contribution in [3.8, 4) is 10.6 Å². The number of aromatic nitrogens is 2. The highest BCUT2D eigenvalue weighted by molar-refractivity contribution is 7.13. The first-order valence-electron chi connectivity index (χ1n) is 12.0. The molecule has 1 unspecified atom stereocenters. The molecule has 0 saturated heterocycles. The molecule has 0 aromatic carbocycles. The third-order valence-electron chi connectivity index (χ3n) is 6.39. The van der Waals surface area contributed by atoms with Crippen molar-refractivity contribution in [1.29, 1.82) is 0 Å². The van der Waals surface area contributed by atoms with E-state index < -0.39 is 5.97 Å². The number of nitrogens with zero attached hydrogens (tertiary/aromatic N) is 2. The molecule has 182 valence electrons. The number of hydrogen-bond acceptors (Lipinski definition) is 5. The molecule has 1 atom stereocenters. The highest BCUT2D eigenvalue weighted by Gasteiger charge is 2.28. The average Bonchev–Trinajstić information content (AvgIpc) is 3.35. The van der Waals surface area contributed by atoms with E-state index >= 15 is 0 Å². The standard InChI is InChI=1S/C26H34N4O3S/c1-16-11-13-34-23(16)22-24(29-26(2,3)4)30-12-10-18(14-20(30)28-22)25(33)27-19(15-21(31)32)17-8-6-5-7-9-17/h10-14,17,19,29H,5-9,15H2,1-4H3,(H,27,33)(H,31,32). The molecule has 8 heteroatoms. The van der Waals surface area contributed by atoms with Crippen LogP contribution >= 0.6 is 11.3 Å². The van der Waals surface area contributed by atoms with E-state index in [1.54, 1.807) is 23.5 Å². The minimum Gasteiger partial charge on any atom is -0.481 e. The molecular weight excluding hydrogens is 448 g/mol. The molecule has 3 aromatic heterocycles. The molecule has 3 heterocycles.